The molecule has 5 heteroatoms. The van der Waals surface area contributed by atoms with Crippen molar-refractivity contribution in [2.24, 2.45) is 12.8 Å². The third kappa shape index (κ3) is 2.68. The lowest BCUT2D eigenvalue weighted by atomic mass is 10.1. The summed E-state index contributed by atoms with van der Waals surface area (Å²) in [7, 11) is 1.95. The van der Waals surface area contributed by atoms with E-state index in [1.165, 1.54) is 5.56 Å². The van der Waals surface area contributed by atoms with Gasteiger partial charge in [0.05, 0.1) is 6.04 Å². The molecule has 0 saturated carbocycles. The quantitative estimate of drug-likeness (QED) is 0.838. The van der Waals surface area contributed by atoms with E-state index >= 15 is 0 Å². The molecule has 0 saturated heterocycles. The maximum atomic E-state index is 6.16. The average molecular weight is 248 g/mol. The van der Waals surface area contributed by atoms with Gasteiger partial charge in [-0.15, -0.1) is 10.2 Å². The van der Waals surface area contributed by atoms with Crippen LogP contribution in [0, 0.1) is 0 Å². The van der Waals surface area contributed by atoms with Gasteiger partial charge in [-0.25, -0.2) is 0 Å². The fourth-order valence-corrected chi connectivity index (χ4v) is 2.28. The molecule has 0 spiro atoms. The van der Waals surface area contributed by atoms with Gasteiger partial charge in [0.15, 0.2) is 11.0 Å². The second-order valence-electron chi connectivity index (χ2n) is 3.90. The predicted molar refractivity (Wildman–Crippen MR) is 69.9 cm³/mol. The molecule has 1 heterocycles. The molecular weight excluding hydrogens is 232 g/mol. The molecule has 0 fully saturated rings. The number of aromatic nitrogens is 3. The molecule has 2 rings (SSSR count). The van der Waals surface area contributed by atoms with Crippen molar-refractivity contribution in [2.75, 3.05) is 6.26 Å². The van der Waals surface area contributed by atoms with Crippen LogP contribution in [0.3, 0.4) is 0 Å². The summed E-state index contributed by atoms with van der Waals surface area (Å²) in [6, 6.07) is 10.1. The maximum absolute atomic E-state index is 6.16. The Kier molecular flexibility index (Phi) is 3.81. The van der Waals surface area contributed by atoms with Gasteiger partial charge < -0.3 is 10.3 Å². The van der Waals surface area contributed by atoms with Crippen LogP contribution in [0.1, 0.15) is 17.4 Å². The zero-order valence-corrected chi connectivity index (χ0v) is 10.8. The van der Waals surface area contributed by atoms with Crippen molar-refractivity contribution in [2.45, 2.75) is 17.6 Å². The maximum Gasteiger partial charge on any atom is 0.190 e. The van der Waals surface area contributed by atoms with Crippen LogP contribution < -0.4 is 5.73 Å². The molecule has 0 aliphatic heterocycles. The van der Waals surface area contributed by atoms with Crippen molar-refractivity contribution in [3.63, 3.8) is 0 Å². The summed E-state index contributed by atoms with van der Waals surface area (Å²) >= 11 is 1.57. The highest BCUT2D eigenvalue weighted by Crippen LogP contribution is 2.18. The van der Waals surface area contributed by atoms with Crippen molar-refractivity contribution in [1.29, 1.82) is 0 Å². The minimum atomic E-state index is -0.115. The molecule has 1 atom stereocenters. The molecule has 0 bridgehead atoms. The first-order chi connectivity index (χ1) is 8.22. The van der Waals surface area contributed by atoms with Gasteiger partial charge in [-0.3, -0.25) is 0 Å². The highest BCUT2D eigenvalue weighted by Gasteiger charge is 2.15. The second kappa shape index (κ2) is 5.33. The number of thioether (sulfide) groups is 1. The lowest BCUT2D eigenvalue weighted by molar-refractivity contribution is 0.616. The van der Waals surface area contributed by atoms with Gasteiger partial charge in [0, 0.05) is 7.05 Å². The number of rotatable bonds is 4. The molecular formula is C12H16N4S. The molecule has 1 aromatic heterocycles. The SMILES string of the molecule is CSc1nnc([C@@H](N)Cc2ccccc2)n1C. The Morgan fingerprint density at radius 3 is 2.59 bits per heavy atom. The van der Waals surface area contributed by atoms with Gasteiger partial charge in [-0.2, -0.15) is 0 Å². The van der Waals surface area contributed by atoms with Crippen LogP contribution in [-0.4, -0.2) is 21.0 Å². The fraction of sp³-hybridized carbons (Fsp3) is 0.333. The van der Waals surface area contributed by atoms with Gasteiger partial charge in [0.1, 0.15) is 0 Å². The smallest absolute Gasteiger partial charge is 0.190 e. The number of benzene rings is 1. The summed E-state index contributed by atoms with van der Waals surface area (Å²) < 4.78 is 1.96. The van der Waals surface area contributed by atoms with Gasteiger partial charge in [-0.1, -0.05) is 42.1 Å². The summed E-state index contributed by atoms with van der Waals surface area (Å²) in [5, 5.41) is 9.13. The fourth-order valence-electron chi connectivity index (χ4n) is 1.79. The van der Waals surface area contributed by atoms with E-state index in [4.69, 9.17) is 5.73 Å². The minimum absolute atomic E-state index is 0.115. The third-order valence-corrected chi connectivity index (χ3v) is 3.40. The largest absolute Gasteiger partial charge is 0.321 e. The normalized spacial score (nSPS) is 12.6. The van der Waals surface area contributed by atoms with E-state index in [9.17, 15) is 0 Å². The lowest BCUT2D eigenvalue weighted by Gasteiger charge is -2.11. The predicted octanol–water partition coefficient (Wildman–Crippen LogP) is 1.78. The van der Waals surface area contributed by atoms with Crippen LogP contribution >= 0.6 is 11.8 Å². The first kappa shape index (κ1) is 12.1. The van der Waals surface area contributed by atoms with Crippen molar-refractivity contribution in [1.82, 2.24) is 14.8 Å². The number of hydrogen-bond donors (Lipinski definition) is 1. The molecule has 0 aliphatic rings. The Labute approximate surface area is 105 Å². The summed E-state index contributed by atoms with van der Waals surface area (Å²) in [5.74, 6) is 0.832. The van der Waals surface area contributed by atoms with Crippen molar-refractivity contribution < 1.29 is 0 Å². The van der Waals surface area contributed by atoms with Crippen LogP contribution in [0.4, 0.5) is 0 Å². The van der Waals surface area contributed by atoms with E-state index in [1.54, 1.807) is 11.8 Å². The average Bonchev–Trinajstić information content (AvgIpc) is 2.71. The lowest BCUT2D eigenvalue weighted by Crippen LogP contribution is -2.18. The molecule has 1 aromatic carbocycles. The first-order valence-corrected chi connectivity index (χ1v) is 6.67. The van der Waals surface area contributed by atoms with Crippen LogP contribution in [0.25, 0.3) is 0 Å². The Morgan fingerprint density at radius 2 is 2.00 bits per heavy atom. The molecule has 17 heavy (non-hydrogen) atoms. The first-order valence-electron chi connectivity index (χ1n) is 5.45. The molecule has 0 unspecified atom stereocenters. The summed E-state index contributed by atoms with van der Waals surface area (Å²) in [6.07, 6.45) is 2.76. The molecule has 2 aromatic rings. The molecule has 0 radical (unpaired) electrons. The Bertz CT molecular complexity index is 481. The summed E-state index contributed by atoms with van der Waals surface area (Å²) in [5.41, 5.74) is 7.38. The van der Waals surface area contributed by atoms with Gasteiger partial charge in [-0.05, 0) is 18.2 Å². The highest BCUT2D eigenvalue weighted by molar-refractivity contribution is 7.98. The van der Waals surface area contributed by atoms with Crippen molar-refractivity contribution in [3.8, 4) is 0 Å². The zero-order chi connectivity index (χ0) is 12.3. The molecule has 0 aliphatic carbocycles. The zero-order valence-electron chi connectivity index (χ0n) is 10.00. The molecule has 4 nitrogen and oxygen atoms in total. The third-order valence-electron chi connectivity index (χ3n) is 2.68. The van der Waals surface area contributed by atoms with Gasteiger partial charge in [0.25, 0.3) is 0 Å². The van der Waals surface area contributed by atoms with Crippen LogP contribution in [-0.2, 0) is 13.5 Å². The topological polar surface area (TPSA) is 56.7 Å². The van der Waals surface area contributed by atoms with E-state index in [0.29, 0.717) is 0 Å². The number of hydrogen-bond acceptors (Lipinski definition) is 4. The second-order valence-corrected chi connectivity index (χ2v) is 4.67. The summed E-state index contributed by atoms with van der Waals surface area (Å²) in [4.78, 5) is 0. The Morgan fingerprint density at radius 1 is 1.29 bits per heavy atom. The van der Waals surface area contributed by atoms with Crippen LogP contribution in [0.2, 0.25) is 0 Å². The molecule has 90 valence electrons. The Hall–Kier alpha value is -1.33. The Balaban J connectivity index is 2.14. The van der Waals surface area contributed by atoms with E-state index in [1.807, 2.05) is 36.1 Å². The number of nitrogens with two attached hydrogens (primary N) is 1. The van der Waals surface area contributed by atoms with Crippen LogP contribution in [0.15, 0.2) is 35.5 Å². The van der Waals surface area contributed by atoms with E-state index in [-0.39, 0.29) is 6.04 Å². The van der Waals surface area contributed by atoms with Crippen LogP contribution in [0.5, 0.6) is 0 Å². The monoisotopic (exact) mass is 248 g/mol. The molecule has 2 N–H and O–H groups in total. The van der Waals surface area contributed by atoms with Crippen molar-refractivity contribution >= 4 is 11.8 Å². The van der Waals surface area contributed by atoms with Gasteiger partial charge >= 0.3 is 0 Å². The van der Waals surface area contributed by atoms with Gasteiger partial charge in [0.2, 0.25) is 0 Å². The standard InChI is InChI=1S/C12H16N4S/c1-16-11(14-15-12(16)17-2)10(13)8-9-6-4-3-5-7-9/h3-7,10H,8,13H2,1-2H3/t10-/m0/s1. The van der Waals surface area contributed by atoms with E-state index < -0.39 is 0 Å². The molecule has 0 amide bonds. The minimum Gasteiger partial charge on any atom is -0.321 e. The van der Waals surface area contributed by atoms with E-state index in [0.717, 1.165) is 17.4 Å². The number of nitrogens with zero attached hydrogens (tertiary/aromatic N) is 3. The highest BCUT2D eigenvalue weighted by atomic mass is 32.2. The summed E-state index contributed by atoms with van der Waals surface area (Å²) in [6.45, 7) is 0. The van der Waals surface area contributed by atoms with Crippen molar-refractivity contribution in [3.05, 3.63) is 41.7 Å². The van der Waals surface area contributed by atoms with E-state index in [2.05, 4.69) is 22.3 Å².